The Labute approximate surface area is 297 Å². The number of para-hydroxylation sites is 1. The number of esters is 2. The molecule has 11 heteroatoms. The van der Waals surface area contributed by atoms with E-state index in [0.29, 0.717) is 30.2 Å². The van der Waals surface area contributed by atoms with E-state index in [1.54, 1.807) is 26.0 Å². The lowest BCUT2D eigenvalue weighted by Crippen LogP contribution is -2.35. The maximum absolute atomic E-state index is 12.6. The van der Waals surface area contributed by atoms with E-state index in [1.807, 2.05) is 42.5 Å². The molecule has 2 aromatic carbocycles. The van der Waals surface area contributed by atoms with Gasteiger partial charge in [0.1, 0.15) is 11.4 Å². The van der Waals surface area contributed by atoms with Gasteiger partial charge in [-0.05, 0) is 99.7 Å². The second kappa shape index (κ2) is 20.9. The van der Waals surface area contributed by atoms with Crippen LogP contribution in [0, 0.1) is 0 Å². The third kappa shape index (κ3) is 14.0. The number of nitrogens with zero attached hydrogens (tertiary/aromatic N) is 2. The molecule has 1 aliphatic carbocycles. The number of halogens is 1. The zero-order chi connectivity index (χ0) is 36.5. The number of aromatic nitrogens is 1. The van der Waals surface area contributed by atoms with Crippen LogP contribution in [0.4, 0.5) is 4.20 Å². The molecule has 1 N–H and O–H groups in total. The smallest absolute Gasteiger partial charge is 0.364 e. The van der Waals surface area contributed by atoms with Gasteiger partial charge in [-0.15, -0.1) is 0 Å². The van der Waals surface area contributed by atoms with Crippen molar-refractivity contribution in [2.45, 2.75) is 97.6 Å². The summed E-state index contributed by atoms with van der Waals surface area (Å²) in [7, 11) is -3.72. The van der Waals surface area contributed by atoms with Gasteiger partial charge in [-0.1, -0.05) is 63.1 Å². The maximum atomic E-state index is 12.6. The summed E-state index contributed by atoms with van der Waals surface area (Å²) in [6, 6.07) is 19.2. The summed E-state index contributed by atoms with van der Waals surface area (Å²) in [5.74, 6) is -0.322. The zero-order valence-electron chi connectivity index (χ0n) is 30.2. The Balaban J connectivity index is 0.000000753. The van der Waals surface area contributed by atoms with Gasteiger partial charge in [0, 0.05) is 31.5 Å². The van der Waals surface area contributed by atoms with Crippen LogP contribution >= 0.6 is 7.68 Å². The first-order valence-electron chi connectivity index (χ1n) is 17.8. The number of unbranched alkanes of at least 4 members (excludes halogenated alkanes) is 2. The van der Waals surface area contributed by atoms with Gasteiger partial charge in [0.25, 0.3) is 0 Å². The second-order valence-corrected chi connectivity index (χ2v) is 14.6. The number of aromatic hydroxyl groups is 1. The van der Waals surface area contributed by atoms with Crippen molar-refractivity contribution < 1.29 is 37.5 Å². The number of hydrogen-bond donors (Lipinski definition) is 1. The predicted molar refractivity (Wildman–Crippen MR) is 195 cm³/mol. The van der Waals surface area contributed by atoms with Crippen LogP contribution < -0.4 is 0 Å². The van der Waals surface area contributed by atoms with Gasteiger partial charge in [-0.25, -0.2) is 14.6 Å². The third-order valence-corrected chi connectivity index (χ3v) is 9.11. The van der Waals surface area contributed by atoms with Gasteiger partial charge in [0.2, 0.25) is 0 Å². The minimum Gasteiger partial charge on any atom is -0.508 e. The Kier molecular flexibility index (Phi) is 17.1. The minimum atomic E-state index is -3.72. The highest BCUT2D eigenvalue weighted by molar-refractivity contribution is 7.52. The zero-order valence-corrected chi connectivity index (χ0v) is 31.1. The third-order valence-electron chi connectivity index (χ3n) is 8.31. The molecule has 0 fully saturated rings. The molecule has 0 saturated carbocycles. The van der Waals surface area contributed by atoms with Crippen LogP contribution in [0.25, 0.3) is 0 Å². The average Bonchev–Trinajstić information content (AvgIpc) is 3.08. The predicted octanol–water partition coefficient (Wildman–Crippen LogP) is 9.07. The van der Waals surface area contributed by atoms with E-state index >= 15 is 0 Å². The van der Waals surface area contributed by atoms with Crippen molar-refractivity contribution in [1.29, 1.82) is 0 Å². The molecule has 3 aromatic rings. The quantitative estimate of drug-likeness (QED) is 0.0832. The van der Waals surface area contributed by atoms with Crippen molar-refractivity contribution in [3.8, 4) is 5.75 Å². The Morgan fingerprint density at radius 1 is 0.940 bits per heavy atom. The lowest BCUT2D eigenvalue weighted by Gasteiger charge is -2.36. The topological polar surface area (TPSA) is 115 Å². The van der Waals surface area contributed by atoms with Crippen molar-refractivity contribution in [2.24, 2.45) is 0 Å². The summed E-state index contributed by atoms with van der Waals surface area (Å²) in [6.45, 7) is 10.8. The van der Waals surface area contributed by atoms with Crippen molar-refractivity contribution in [3.63, 3.8) is 0 Å². The highest BCUT2D eigenvalue weighted by Crippen LogP contribution is 2.45. The molecule has 0 saturated heterocycles. The van der Waals surface area contributed by atoms with E-state index in [0.717, 1.165) is 99.9 Å². The molecule has 0 radical (unpaired) electrons. The van der Waals surface area contributed by atoms with Crippen molar-refractivity contribution in [1.82, 2.24) is 9.88 Å². The molecule has 0 bridgehead atoms. The van der Waals surface area contributed by atoms with Gasteiger partial charge in [0.15, 0.2) is 0 Å². The molecule has 0 spiro atoms. The van der Waals surface area contributed by atoms with Crippen LogP contribution in [-0.4, -0.2) is 66.0 Å². The van der Waals surface area contributed by atoms with E-state index in [9.17, 15) is 23.5 Å². The Hall–Kier alpha value is -3.59. The summed E-state index contributed by atoms with van der Waals surface area (Å²) >= 11 is 0. The standard InChI is InChI=1S/C35H44N2O5.C4H10FO2P/c1-3-5-24-41-34(39)28-16-14-26(15-17-28)20-22-37(23-21-27-10-7-8-13-33(27)38)32-12-9-11-30-29(32)18-19-31(36-30)35(40)42-25-6-4-2;1-4(2)7-8(3,5)6/h7-8,10,13-19,32,38H,3-6,9,11-12,20-25H2,1-2H3;4H,1-3H3/t32-;/m0./s1. The fraction of sp³-hybridized carbons (Fsp3) is 0.513. The molecule has 50 heavy (non-hydrogen) atoms. The molecule has 1 aromatic heterocycles. The summed E-state index contributed by atoms with van der Waals surface area (Å²) in [6.07, 6.45) is 7.73. The average molecular weight is 713 g/mol. The number of benzene rings is 2. The first-order chi connectivity index (χ1) is 23.9. The summed E-state index contributed by atoms with van der Waals surface area (Å²) in [4.78, 5) is 32.1. The number of aryl methyl sites for hydroxylation is 1. The normalized spacial score (nSPS) is 15.1. The molecular weight excluding hydrogens is 658 g/mol. The Morgan fingerprint density at radius 3 is 2.18 bits per heavy atom. The number of pyridine rings is 1. The number of fused-ring (bicyclic) bond motifs is 1. The lowest BCUT2D eigenvalue weighted by atomic mass is 9.89. The molecule has 4 rings (SSSR count). The lowest BCUT2D eigenvalue weighted by molar-refractivity contribution is 0.0486. The largest absolute Gasteiger partial charge is 0.508 e. The highest BCUT2D eigenvalue weighted by atomic mass is 31.2. The van der Waals surface area contributed by atoms with Crippen LogP contribution in [0.1, 0.15) is 115 Å². The molecule has 1 heterocycles. The van der Waals surface area contributed by atoms with Gasteiger partial charge in [-0.2, -0.15) is 4.20 Å². The van der Waals surface area contributed by atoms with Crippen LogP contribution in [0.15, 0.2) is 60.7 Å². The Morgan fingerprint density at radius 2 is 1.58 bits per heavy atom. The molecule has 1 unspecified atom stereocenters. The molecule has 274 valence electrons. The van der Waals surface area contributed by atoms with Gasteiger partial charge in [0.05, 0.1) is 24.9 Å². The molecule has 2 atom stereocenters. The number of carbonyl (C=O) groups excluding carboxylic acids is 2. The van der Waals surface area contributed by atoms with E-state index in [-0.39, 0.29) is 24.1 Å². The fourth-order valence-corrected chi connectivity index (χ4v) is 6.52. The van der Waals surface area contributed by atoms with Gasteiger partial charge < -0.3 is 19.1 Å². The number of ether oxygens (including phenoxy) is 2. The first kappa shape index (κ1) is 40.8. The summed E-state index contributed by atoms with van der Waals surface area (Å²) < 4.78 is 37.2. The van der Waals surface area contributed by atoms with Gasteiger partial charge in [-0.3, -0.25) is 9.46 Å². The van der Waals surface area contributed by atoms with Crippen molar-refractivity contribution >= 4 is 19.6 Å². The van der Waals surface area contributed by atoms with Crippen molar-refractivity contribution in [2.75, 3.05) is 33.0 Å². The second-order valence-electron chi connectivity index (χ2n) is 12.9. The number of phenolic OH excluding ortho intramolecular Hbond substituents is 1. The van der Waals surface area contributed by atoms with Crippen LogP contribution in [-0.2, 0) is 37.8 Å². The fourth-order valence-electron chi connectivity index (χ4n) is 5.77. The molecule has 0 aliphatic heterocycles. The van der Waals surface area contributed by atoms with Crippen LogP contribution in [0.5, 0.6) is 5.75 Å². The van der Waals surface area contributed by atoms with Crippen LogP contribution in [0.2, 0.25) is 0 Å². The SMILES string of the molecule is CC(C)OP(C)(=O)F.CCCCOC(=O)c1ccc(CCN(CCc2ccccc2O)[C@H]2CCCc3nc(C(=O)OCCCC)ccc32)cc1. The molecule has 9 nitrogen and oxygen atoms in total. The number of hydrogen-bond acceptors (Lipinski definition) is 9. The molecule has 0 amide bonds. The number of carbonyl (C=O) groups is 2. The van der Waals surface area contributed by atoms with E-state index < -0.39 is 7.68 Å². The number of rotatable bonds is 17. The molecule has 1 aliphatic rings. The summed E-state index contributed by atoms with van der Waals surface area (Å²) in [5, 5.41) is 10.4. The number of phenols is 1. The van der Waals surface area contributed by atoms with E-state index in [4.69, 9.17) is 14.5 Å². The molecular formula is C39H54FN2O7P. The Bertz CT molecular complexity index is 1540. The minimum absolute atomic E-state index is 0.157. The monoisotopic (exact) mass is 712 g/mol. The van der Waals surface area contributed by atoms with Gasteiger partial charge >= 0.3 is 19.6 Å². The van der Waals surface area contributed by atoms with Crippen molar-refractivity contribution in [3.05, 3.63) is 94.3 Å². The van der Waals surface area contributed by atoms with Crippen LogP contribution in [0.3, 0.4) is 0 Å². The highest BCUT2D eigenvalue weighted by Gasteiger charge is 2.28. The maximum Gasteiger partial charge on any atom is 0.364 e. The van der Waals surface area contributed by atoms with E-state index in [2.05, 4.69) is 29.3 Å². The summed E-state index contributed by atoms with van der Waals surface area (Å²) in [5.41, 5.74) is 5.14. The van der Waals surface area contributed by atoms with E-state index in [1.165, 1.54) is 0 Å². The first-order valence-corrected chi connectivity index (χ1v) is 19.8.